The highest BCUT2D eigenvalue weighted by atomic mass is 32.2. The summed E-state index contributed by atoms with van der Waals surface area (Å²) < 4.78 is 1.95. The summed E-state index contributed by atoms with van der Waals surface area (Å²) in [6.07, 6.45) is 0.698. The molecule has 1 aliphatic rings. The minimum absolute atomic E-state index is 0.118. The van der Waals surface area contributed by atoms with Crippen LogP contribution in [-0.2, 0) is 22.6 Å². The number of piperazine rings is 1. The maximum Gasteiger partial charge on any atom is 0.236 e. The second kappa shape index (κ2) is 9.78. The second-order valence-corrected chi connectivity index (χ2v) is 8.33. The van der Waals surface area contributed by atoms with Gasteiger partial charge in [-0.3, -0.25) is 9.59 Å². The summed E-state index contributed by atoms with van der Waals surface area (Å²) >= 11 is 1.42. The van der Waals surface area contributed by atoms with Gasteiger partial charge in [0.1, 0.15) is 5.82 Å². The molecule has 1 fully saturated rings. The number of rotatable bonds is 8. The van der Waals surface area contributed by atoms with E-state index in [1.807, 2.05) is 41.5 Å². The Morgan fingerprint density at radius 3 is 2.45 bits per heavy atom. The number of amides is 2. The van der Waals surface area contributed by atoms with Crippen molar-refractivity contribution in [1.29, 1.82) is 0 Å². The Bertz CT molecular complexity index is 833. The van der Waals surface area contributed by atoms with E-state index in [1.165, 1.54) is 17.4 Å². The van der Waals surface area contributed by atoms with E-state index in [0.29, 0.717) is 31.2 Å². The number of carbonyl (C=O) groups is 2. The molecule has 0 aliphatic carbocycles. The van der Waals surface area contributed by atoms with E-state index in [9.17, 15) is 9.59 Å². The summed E-state index contributed by atoms with van der Waals surface area (Å²) in [5.41, 5.74) is 6.43. The minimum atomic E-state index is -0.358. The molecule has 2 heterocycles. The smallest absolute Gasteiger partial charge is 0.236 e. The van der Waals surface area contributed by atoms with E-state index in [-0.39, 0.29) is 23.5 Å². The quantitative estimate of drug-likeness (QED) is 0.656. The molecular formula is C20H28N6O2S. The fourth-order valence-electron chi connectivity index (χ4n) is 3.43. The number of hydrogen-bond donors (Lipinski definition) is 1. The van der Waals surface area contributed by atoms with E-state index in [0.717, 1.165) is 18.9 Å². The molecular weight excluding hydrogens is 388 g/mol. The lowest BCUT2D eigenvalue weighted by Crippen LogP contribution is -2.50. The molecule has 29 heavy (non-hydrogen) atoms. The molecule has 2 amide bonds. The lowest BCUT2D eigenvalue weighted by molar-refractivity contribution is -0.130. The van der Waals surface area contributed by atoms with Crippen molar-refractivity contribution in [2.75, 3.05) is 31.1 Å². The summed E-state index contributed by atoms with van der Waals surface area (Å²) in [6, 6.07) is 10.3. The van der Waals surface area contributed by atoms with Gasteiger partial charge in [-0.05, 0) is 26.0 Å². The molecule has 2 aromatic rings. The predicted octanol–water partition coefficient (Wildman–Crippen LogP) is 1.55. The first-order chi connectivity index (χ1) is 14.0. The second-order valence-electron chi connectivity index (χ2n) is 7.02. The van der Waals surface area contributed by atoms with Gasteiger partial charge in [0.15, 0.2) is 5.16 Å². The highest BCUT2D eigenvalue weighted by Crippen LogP contribution is 2.25. The van der Waals surface area contributed by atoms with Crippen LogP contribution in [0.15, 0.2) is 35.5 Å². The fourth-order valence-corrected chi connectivity index (χ4v) is 4.45. The van der Waals surface area contributed by atoms with Gasteiger partial charge in [-0.25, -0.2) is 0 Å². The fraction of sp³-hybridized carbons (Fsp3) is 0.500. The number of primary amides is 1. The zero-order chi connectivity index (χ0) is 20.8. The average Bonchev–Trinajstić information content (AvgIpc) is 3.13. The molecule has 156 valence electrons. The zero-order valence-corrected chi connectivity index (χ0v) is 17.8. The third-order valence-electron chi connectivity index (χ3n) is 5.05. The van der Waals surface area contributed by atoms with Crippen LogP contribution in [0.5, 0.6) is 0 Å². The molecule has 0 spiro atoms. The first-order valence-corrected chi connectivity index (χ1v) is 10.8. The van der Waals surface area contributed by atoms with Crippen LogP contribution in [0, 0.1) is 0 Å². The van der Waals surface area contributed by atoms with Crippen molar-refractivity contribution in [1.82, 2.24) is 19.7 Å². The van der Waals surface area contributed by atoms with Crippen LogP contribution in [0.3, 0.4) is 0 Å². The molecule has 1 aromatic carbocycles. The molecule has 9 heteroatoms. The Morgan fingerprint density at radius 2 is 1.83 bits per heavy atom. The van der Waals surface area contributed by atoms with E-state index in [1.54, 1.807) is 0 Å². The first-order valence-electron chi connectivity index (χ1n) is 9.95. The van der Waals surface area contributed by atoms with Crippen molar-refractivity contribution in [3.8, 4) is 0 Å². The monoisotopic (exact) mass is 416 g/mol. The predicted molar refractivity (Wildman–Crippen MR) is 114 cm³/mol. The van der Waals surface area contributed by atoms with Gasteiger partial charge >= 0.3 is 0 Å². The average molecular weight is 417 g/mol. The summed E-state index contributed by atoms with van der Waals surface area (Å²) in [4.78, 5) is 28.2. The molecule has 1 aromatic heterocycles. The van der Waals surface area contributed by atoms with E-state index in [4.69, 9.17) is 5.73 Å². The summed E-state index contributed by atoms with van der Waals surface area (Å²) in [5, 5.41) is 8.86. The highest BCUT2D eigenvalue weighted by Gasteiger charge is 2.27. The Morgan fingerprint density at radius 1 is 1.14 bits per heavy atom. The summed E-state index contributed by atoms with van der Waals surface area (Å²) in [5.74, 6) is 0.486. The lowest BCUT2D eigenvalue weighted by Gasteiger charge is -2.37. The van der Waals surface area contributed by atoms with Gasteiger partial charge in [-0.2, -0.15) is 0 Å². The molecule has 0 unspecified atom stereocenters. The SMILES string of the molecule is CCn1c(CCC(N)=O)nnc1S[C@H](C)C(=O)N1CCN(c2ccccc2)CC1. The van der Waals surface area contributed by atoms with Crippen LogP contribution in [0.1, 0.15) is 26.1 Å². The number of thioether (sulfide) groups is 1. The Labute approximate surface area is 175 Å². The number of nitrogens with zero attached hydrogens (tertiary/aromatic N) is 5. The largest absolute Gasteiger partial charge is 0.370 e. The Hall–Kier alpha value is -2.55. The number of aryl methyl sites for hydroxylation is 1. The van der Waals surface area contributed by atoms with Gasteiger partial charge in [-0.1, -0.05) is 30.0 Å². The number of carbonyl (C=O) groups excluding carboxylic acids is 2. The maximum absolute atomic E-state index is 12.9. The van der Waals surface area contributed by atoms with Gasteiger partial charge in [-0.15, -0.1) is 10.2 Å². The number of benzene rings is 1. The number of anilines is 1. The van der Waals surface area contributed by atoms with Crippen molar-refractivity contribution in [3.05, 3.63) is 36.2 Å². The standard InChI is InChI=1S/C20H28N6O2S/c1-3-26-18(10-9-17(21)27)22-23-20(26)29-15(2)19(28)25-13-11-24(12-14-25)16-7-5-4-6-8-16/h4-8,15H,3,9-14H2,1-2H3,(H2,21,27)/t15-/m1/s1. The van der Waals surface area contributed by atoms with Crippen molar-refractivity contribution in [3.63, 3.8) is 0 Å². The molecule has 2 N–H and O–H groups in total. The van der Waals surface area contributed by atoms with Crippen molar-refractivity contribution in [2.45, 2.75) is 43.6 Å². The molecule has 0 bridgehead atoms. The number of aromatic nitrogens is 3. The minimum Gasteiger partial charge on any atom is -0.370 e. The van der Waals surface area contributed by atoms with E-state index < -0.39 is 0 Å². The zero-order valence-electron chi connectivity index (χ0n) is 17.0. The van der Waals surface area contributed by atoms with Crippen LogP contribution in [-0.4, -0.2) is 62.9 Å². The van der Waals surface area contributed by atoms with Crippen LogP contribution < -0.4 is 10.6 Å². The van der Waals surface area contributed by atoms with Crippen LogP contribution in [0.2, 0.25) is 0 Å². The molecule has 0 radical (unpaired) electrons. The Kier molecular flexibility index (Phi) is 7.13. The number of nitrogens with two attached hydrogens (primary N) is 1. The highest BCUT2D eigenvalue weighted by molar-refractivity contribution is 8.00. The summed E-state index contributed by atoms with van der Waals surface area (Å²) in [6.45, 7) is 7.67. The van der Waals surface area contributed by atoms with Crippen LogP contribution in [0.4, 0.5) is 5.69 Å². The van der Waals surface area contributed by atoms with Gasteiger partial charge in [0.05, 0.1) is 5.25 Å². The molecule has 0 saturated carbocycles. The van der Waals surface area contributed by atoms with E-state index >= 15 is 0 Å². The Balaban J connectivity index is 1.56. The van der Waals surface area contributed by atoms with Crippen molar-refractivity contribution >= 4 is 29.3 Å². The number of para-hydroxylation sites is 1. The lowest BCUT2D eigenvalue weighted by atomic mass is 10.2. The van der Waals surface area contributed by atoms with Crippen molar-refractivity contribution in [2.24, 2.45) is 5.73 Å². The maximum atomic E-state index is 12.9. The molecule has 1 atom stereocenters. The van der Waals surface area contributed by atoms with Gasteiger partial charge in [0.25, 0.3) is 0 Å². The normalized spacial score (nSPS) is 15.4. The van der Waals surface area contributed by atoms with Gasteiger partial charge in [0, 0.05) is 51.3 Å². The molecule has 8 nitrogen and oxygen atoms in total. The molecule has 3 rings (SSSR count). The van der Waals surface area contributed by atoms with Gasteiger partial charge in [0.2, 0.25) is 11.8 Å². The third-order valence-corrected chi connectivity index (χ3v) is 6.12. The molecule has 1 saturated heterocycles. The third kappa shape index (κ3) is 5.29. The first kappa shape index (κ1) is 21.2. The summed E-state index contributed by atoms with van der Waals surface area (Å²) in [7, 11) is 0. The van der Waals surface area contributed by atoms with Crippen LogP contribution in [0.25, 0.3) is 0 Å². The number of hydrogen-bond acceptors (Lipinski definition) is 6. The topological polar surface area (TPSA) is 97.3 Å². The van der Waals surface area contributed by atoms with Crippen molar-refractivity contribution < 1.29 is 9.59 Å². The van der Waals surface area contributed by atoms with Crippen LogP contribution >= 0.6 is 11.8 Å². The van der Waals surface area contributed by atoms with E-state index in [2.05, 4.69) is 27.2 Å². The molecule has 1 aliphatic heterocycles. The van der Waals surface area contributed by atoms with Gasteiger partial charge < -0.3 is 20.1 Å².